The van der Waals surface area contributed by atoms with E-state index >= 15 is 0 Å². The van der Waals surface area contributed by atoms with Crippen molar-refractivity contribution >= 4 is 17.8 Å². The van der Waals surface area contributed by atoms with E-state index in [2.05, 4.69) is 0 Å². The Morgan fingerprint density at radius 3 is 1.94 bits per heavy atom. The van der Waals surface area contributed by atoms with Crippen molar-refractivity contribution in [1.29, 1.82) is 0 Å². The number of hydrogen-bond acceptors (Lipinski definition) is 5. The number of carbonyl (C=O) groups is 3. The van der Waals surface area contributed by atoms with Crippen LogP contribution in [0.1, 0.15) is 0 Å². The van der Waals surface area contributed by atoms with Crippen molar-refractivity contribution in [2.75, 3.05) is 0 Å². The number of urea groups is 1. The fourth-order valence-electron chi connectivity index (χ4n) is 1.17. The topological polar surface area (TPSA) is 108 Å². The monoisotopic (exact) mass is 241 g/mol. The molecule has 0 bridgehead atoms. The third kappa shape index (κ3) is 2.28. The minimum Gasteiger partial charge on any atom is -0.316 e. The van der Waals surface area contributed by atoms with Crippen molar-refractivity contribution in [3.05, 3.63) is 0 Å². The van der Waals surface area contributed by atoms with Gasteiger partial charge >= 0.3 is 12.2 Å². The summed E-state index contributed by atoms with van der Waals surface area (Å²) in [5, 5.41) is 11.3. The van der Waals surface area contributed by atoms with E-state index in [-0.39, 0.29) is 0 Å². The number of alkyl halides is 3. The molecule has 0 aromatic rings. The van der Waals surface area contributed by atoms with E-state index in [1.807, 2.05) is 0 Å². The van der Waals surface area contributed by atoms with E-state index in [1.165, 1.54) is 10.6 Å². The molecular weight excluding hydrogens is 235 g/mol. The quantitative estimate of drug-likeness (QED) is 0.362. The molecule has 0 aliphatic carbocycles. The molecule has 90 valence electrons. The van der Waals surface area contributed by atoms with Crippen LogP contribution in [0.2, 0.25) is 0 Å². The van der Waals surface area contributed by atoms with Gasteiger partial charge in [-0.1, -0.05) is 0 Å². The van der Waals surface area contributed by atoms with Crippen LogP contribution < -0.4 is 16.1 Å². The maximum absolute atomic E-state index is 12.3. The summed E-state index contributed by atoms with van der Waals surface area (Å²) in [6.07, 6.45) is -5.02. The average molecular weight is 241 g/mol. The second-order valence-corrected chi connectivity index (χ2v) is 2.93. The molecule has 7 nitrogen and oxygen atoms in total. The average Bonchev–Trinajstić information content (AvgIpc) is 2.08. The number of hydroxylamine groups is 1. The third-order valence-electron chi connectivity index (χ3n) is 1.86. The van der Waals surface area contributed by atoms with Crippen LogP contribution in [0.25, 0.3) is 0 Å². The molecule has 16 heavy (non-hydrogen) atoms. The van der Waals surface area contributed by atoms with Crippen molar-refractivity contribution in [3.8, 4) is 0 Å². The van der Waals surface area contributed by atoms with Gasteiger partial charge < -0.3 is 5.21 Å². The number of imide groups is 2. The maximum atomic E-state index is 12.3. The molecule has 0 saturated carbocycles. The molecule has 1 aliphatic heterocycles. The summed E-state index contributed by atoms with van der Waals surface area (Å²) in [6.45, 7) is 0. The van der Waals surface area contributed by atoms with Crippen LogP contribution in [0.3, 0.4) is 0 Å². The Bertz CT molecular complexity index is 322. The molecule has 4 amide bonds. The molecule has 10 heteroatoms. The van der Waals surface area contributed by atoms with Gasteiger partial charge in [0.05, 0.1) is 0 Å². The number of barbiturate groups is 1. The fraction of sp³-hybridized carbons (Fsp3) is 0.500. The molecule has 0 aromatic heterocycles. The Labute approximate surface area is 85.9 Å². The largest absolute Gasteiger partial charge is 0.407 e. The first kappa shape index (κ1) is 12.4. The Kier molecular flexibility index (Phi) is 3.14. The number of carbonyl (C=O) groups excluding carboxylic acids is 3. The number of nitrogens with one attached hydrogen (secondary N) is 3. The molecule has 0 aromatic carbocycles. The lowest BCUT2D eigenvalue weighted by atomic mass is 9.96. The Morgan fingerprint density at radius 2 is 1.62 bits per heavy atom. The Balaban J connectivity index is 2.97. The predicted molar refractivity (Wildman–Crippen MR) is 39.9 cm³/mol. The van der Waals surface area contributed by atoms with Crippen molar-refractivity contribution in [2.45, 2.75) is 12.2 Å². The van der Waals surface area contributed by atoms with Gasteiger partial charge in [0.15, 0.2) is 0 Å². The summed E-state index contributed by atoms with van der Waals surface area (Å²) in [5.74, 6) is -5.13. The molecule has 1 rings (SSSR count). The molecule has 1 aliphatic rings. The van der Waals surface area contributed by atoms with Crippen molar-refractivity contribution in [3.63, 3.8) is 0 Å². The molecule has 0 radical (unpaired) electrons. The van der Waals surface area contributed by atoms with Gasteiger partial charge in [-0.2, -0.15) is 18.7 Å². The van der Waals surface area contributed by atoms with Gasteiger partial charge in [0, 0.05) is 0 Å². The highest BCUT2D eigenvalue weighted by molar-refractivity contribution is 6.16. The van der Waals surface area contributed by atoms with Crippen LogP contribution in [0.5, 0.6) is 0 Å². The molecule has 1 unspecified atom stereocenters. The summed E-state index contributed by atoms with van der Waals surface area (Å²) >= 11 is 0. The maximum Gasteiger partial charge on any atom is 0.407 e. The molecule has 1 atom stereocenters. The number of halogens is 3. The van der Waals surface area contributed by atoms with Gasteiger partial charge in [-0.15, -0.1) is 0 Å². The SMILES string of the molecule is O=C1NC(=O)C(C(NO)C(F)(F)F)C(=O)N1. The van der Waals surface area contributed by atoms with E-state index in [9.17, 15) is 27.6 Å². The van der Waals surface area contributed by atoms with Crippen molar-refractivity contribution < 1.29 is 32.8 Å². The summed E-state index contributed by atoms with van der Waals surface area (Å²) < 4.78 is 36.8. The zero-order valence-electron chi connectivity index (χ0n) is 7.46. The van der Waals surface area contributed by atoms with Crippen LogP contribution in [-0.4, -0.2) is 35.3 Å². The van der Waals surface area contributed by atoms with E-state index in [1.54, 1.807) is 0 Å². The van der Waals surface area contributed by atoms with Crippen LogP contribution in [-0.2, 0) is 9.59 Å². The lowest BCUT2D eigenvalue weighted by Crippen LogP contribution is -2.63. The first-order valence-corrected chi connectivity index (χ1v) is 3.89. The molecule has 1 saturated heterocycles. The van der Waals surface area contributed by atoms with Crippen LogP contribution in [0, 0.1) is 5.92 Å². The minimum atomic E-state index is -5.02. The highest BCUT2D eigenvalue weighted by Gasteiger charge is 2.52. The van der Waals surface area contributed by atoms with Crippen LogP contribution in [0.15, 0.2) is 0 Å². The minimum absolute atomic E-state index is 0.829. The Hall–Kier alpha value is -1.68. The normalized spacial score (nSPS) is 20.4. The van der Waals surface area contributed by atoms with Gasteiger partial charge in [0.2, 0.25) is 11.8 Å². The molecule has 4 N–H and O–H groups in total. The molecule has 1 heterocycles. The fourth-order valence-corrected chi connectivity index (χ4v) is 1.17. The van der Waals surface area contributed by atoms with Gasteiger partial charge in [-0.05, 0) is 0 Å². The predicted octanol–water partition coefficient (Wildman–Crippen LogP) is -1.12. The standard InChI is InChI=1S/C6H6F3N3O4/c7-6(8,9)2(12-16)1-3(13)10-5(15)11-4(1)14/h1-2,12,16H,(H2,10,11,13,14,15). The van der Waals surface area contributed by atoms with Gasteiger partial charge in [0.25, 0.3) is 0 Å². The van der Waals surface area contributed by atoms with Crippen LogP contribution >= 0.6 is 0 Å². The summed E-state index contributed by atoms with van der Waals surface area (Å²) in [7, 11) is 0. The summed E-state index contributed by atoms with van der Waals surface area (Å²) in [4.78, 5) is 32.6. The second-order valence-electron chi connectivity index (χ2n) is 2.93. The number of hydrogen-bond donors (Lipinski definition) is 4. The third-order valence-corrected chi connectivity index (χ3v) is 1.86. The van der Waals surface area contributed by atoms with Gasteiger partial charge in [-0.25, -0.2) is 4.79 Å². The zero-order valence-corrected chi connectivity index (χ0v) is 7.46. The first-order chi connectivity index (χ1) is 7.27. The highest BCUT2D eigenvalue weighted by atomic mass is 19.4. The number of amides is 4. The van der Waals surface area contributed by atoms with Crippen molar-refractivity contribution in [2.24, 2.45) is 5.92 Å². The molecule has 1 fully saturated rings. The zero-order chi connectivity index (χ0) is 12.5. The van der Waals surface area contributed by atoms with Crippen molar-refractivity contribution in [1.82, 2.24) is 16.1 Å². The smallest absolute Gasteiger partial charge is 0.316 e. The summed E-state index contributed by atoms with van der Waals surface area (Å²) in [6, 6.07) is -3.98. The van der Waals surface area contributed by atoms with E-state index in [0.29, 0.717) is 0 Å². The number of rotatable bonds is 2. The van der Waals surface area contributed by atoms with E-state index < -0.39 is 36.0 Å². The van der Waals surface area contributed by atoms with Crippen LogP contribution in [0.4, 0.5) is 18.0 Å². The molecule has 0 spiro atoms. The van der Waals surface area contributed by atoms with Gasteiger partial charge in [0.1, 0.15) is 12.0 Å². The first-order valence-electron chi connectivity index (χ1n) is 3.89. The van der Waals surface area contributed by atoms with E-state index in [0.717, 1.165) is 5.48 Å². The van der Waals surface area contributed by atoms with Gasteiger partial charge in [-0.3, -0.25) is 20.2 Å². The molecular formula is C6H6F3N3O4. The Morgan fingerprint density at radius 1 is 1.19 bits per heavy atom. The lowest BCUT2D eigenvalue weighted by molar-refractivity contribution is -0.194. The lowest BCUT2D eigenvalue weighted by Gasteiger charge is -2.28. The summed E-state index contributed by atoms with van der Waals surface area (Å²) in [5.41, 5.74) is 0.829. The van der Waals surface area contributed by atoms with E-state index in [4.69, 9.17) is 5.21 Å². The highest BCUT2D eigenvalue weighted by Crippen LogP contribution is 2.26. The second kappa shape index (κ2) is 4.06.